The van der Waals surface area contributed by atoms with Gasteiger partial charge >= 0.3 is 6.03 Å². The molecule has 2 aromatic carbocycles. The van der Waals surface area contributed by atoms with Crippen molar-refractivity contribution < 1.29 is 14.0 Å². The lowest BCUT2D eigenvalue weighted by Gasteiger charge is -2.33. The molecule has 0 bridgehead atoms. The molecule has 0 fully saturated rings. The number of hydrogen-bond donors (Lipinski definition) is 2. The van der Waals surface area contributed by atoms with E-state index in [4.69, 9.17) is 22.6 Å². The third-order valence-corrected chi connectivity index (χ3v) is 5.44. The predicted octanol–water partition coefficient (Wildman–Crippen LogP) is 3.73. The summed E-state index contributed by atoms with van der Waals surface area (Å²) in [5.74, 6) is -0.729. The molecule has 3 aromatic rings. The molecule has 0 aliphatic carbocycles. The maximum absolute atomic E-state index is 13.9. The fourth-order valence-corrected chi connectivity index (χ4v) is 3.89. The Labute approximate surface area is 188 Å². The van der Waals surface area contributed by atoms with Crippen LogP contribution in [0.1, 0.15) is 27.7 Å². The quantitative estimate of drug-likeness (QED) is 0.627. The number of nitriles is 1. The van der Waals surface area contributed by atoms with Gasteiger partial charge in [-0.15, -0.1) is 0 Å². The van der Waals surface area contributed by atoms with Crippen molar-refractivity contribution in [3.63, 3.8) is 0 Å². The molecule has 3 N–H and O–H groups in total. The fourth-order valence-electron chi connectivity index (χ4n) is 3.70. The van der Waals surface area contributed by atoms with Gasteiger partial charge in [0.15, 0.2) is 0 Å². The van der Waals surface area contributed by atoms with Crippen molar-refractivity contribution in [2.24, 2.45) is 5.73 Å². The zero-order chi connectivity index (χ0) is 22.8. The van der Waals surface area contributed by atoms with E-state index < -0.39 is 24.7 Å². The van der Waals surface area contributed by atoms with E-state index in [0.717, 1.165) is 0 Å². The number of aromatic nitrogens is 2. The number of carbonyl (C=O) groups excluding carboxylic acids is 2. The lowest BCUT2D eigenvalue weighted by molar-refractivity contribution is 0.0995. The third kappa shape index (κ3) is 4.00. The summed E-state index contributed by atoms with van der Waals surface area (Å²) in [6.45, 7) is -0.715. The number of carbonyl (C=O) groups is 2. The van der Waals surface area contributed by atoms with Gasteiger partial charge in [-0.05, 0) is 36.4 Å². The Kier molecular flexibility index (Phi) is 5.79. The Bertz CT molecular complexity index is 1230. The predicted molar refractivity (Wildman–Crippen MR) is 117 cm³/mol. The molecule has 2 heterocycles. The van der Waals surface area contributed by atoms with E-state index in [2.05, 4.69) is 10.4 Å². The summed E-state index contributed by atoms with van der Waals surface area (Å²) in [6, 6.07) is 13.9. The van der Waals surface area contributed by atoms with Crippen LogP contribution in [0.5, 0.6) is 0 Å². The van der Waals surface area contributed by atoms with Gasteiger partial charge in [0, 0.05) is 22.8 Å². The van der Waals surface area contributed by atoms with Crippen molar-refractivity contribution >= 4 is 29.2 Å². The molecule has 4 rings (SSSR count). The number of anilines is 1. The average Bonchev–Trinajstić information content (AvgIpc) is 3.19. The number of rotatable bonds is 4. The normalized spacial score (nSPS) is 15.0. The number of fused-ring (bicyclic) bond motifs is 1. The van der Waals surface area contributed by atoms with Crippen LogP contribution in [0.15, 0.2) is 48.5 Å². The topological polar surface area (TPSA) is 117 Å². The summed E-state index contributed by atoms with van der Waals surface area (Å²) < 4.78 is 15.4. The highest BCUT2D eigenvalue weighted by Gasteiger charge is 2.34. The van der Waals surface area contributed by atoms with Crippen molar-refractivity contribution in [1.29, 1.82) is 5.26 Å². The van der Waals surface area contributed by atoms with E-state index in [0.29, 0.717) is 33.2 Å². The summed E-state index contributed by atoms with van der Waals surface area (Å²) in [5, 5.41) is 16.5. The largest absolute Gasteiger partial charge is 0.365 e. The molecule has 10 heteroatoms. The first-order valence-electron chi connectivity index (χ1n) is 9.70. The van der Waals surface area contributed by atoms with Crippen LogP contribution in [0.4, 0.5) is 14.9 Å². The van der Waals surface area contributed by atoms with Crippen LogP contribution in [0.25, 0.3) is 11.3 Å². The molecule has 0 radical (unpaired) electrons. The van der Waals surface area contributed by atoms with Crippen molar-refractivity contribution in [3.8, 4) is 17.3 Å². The fraction of sp³-hybridized carbons (Fsp3) is 0.182. The molecule has 0 saturated heterocycles. The third-order valence-electron chi connectivity index (χ3n) is 5.20. The molecule has 1 aliphatic rings. The molecule has 1 aliphatic heterocycles. The second-order valence-electron chi connectivity index (χ2n) is 7.30. The van der Waals surface area contributed by atoms with Crippen LogP contribution in [0.2, 0.25) is 5.02 Å². The second kappa shape index (κ2) is 8.69. The van der Waals surface area contributed by atoms with Gasteiger partial charge in [0.2, 0.25) is 0 Å². The number of amides is 3. The molecule has 8 nitrogen and oxygen atoms in total. The van der Waals surface area contributed by atoms with Crippen LogP contribution in [-0.4, -0.2) is 39.8 Å². The SMILES string of the molecule is N#Cc1ccc(NC(=O)N2Cc3c(C(N)=O)c(-c4cccc(Cl)c4)nn3C(CF)C2)cc1. The number of hydrogen-bond acceptors (Lipinski definition) is 4. The van der Waals surface area contributed by atoms with E-state index in [1.165, 1.54) is 9.58 Å². The van der Waals surface area contributed by atoms with Gasteiger partial charge in [-0.2, -0.15) is 10.4 Å². The van der Waals surface area contributed by atoms with Crippen molar-refractivity contribution in [2.75, 3.05) is 18.5 Å². The summed E-state index contributed by atoms with van der Waals surface area (Å²) in [6.07, 6.45) is 0. The molecule has 3 amide bonds. The minimum atomic E-state index is -0.789. The van der Waals surface area contributed by atoms with Gasteiger partial charge in [-0.1, -0.05) is 23.7 Å². The minimum absolute atomic E-state index is 0.0183. The molecule has 32 heavy (non-hydrogen) atoms. The zero-order valence-electron chi connectivity index (χ0n) is 16.8. The Morgan fingerprint density at radius 3 is 2.66 bits per heavy atom. The van der Waals surface area contributed by atoms with Crippen molar-refractivity contribution in [2.45, 2.75) is 12.6 Å². The maximum atomic E-state index is 13.9. The first-order chi connectivity index (χ1) is 15.4. The van der Waals surface area contributed by atoms with Crippen LogP contribution < -0.4 is 11.1 Å². The molecule has 1 atom stereocenters. The molecule has 0 spiro atoms. The Hall–Kier alpha value is -3.90. The van der Waals surface area contributed by atoms with Gasteiger partial charge in [-0.3, -0.25) is 9.48 Å². The number of benzene rings is 2. The van der Waals surface area contributed by atoms with E-state index in [1.807, 2.05) is 6.07 Å². The Balaban J connectivity index is 1.68. The maximum Gasteiger partial charge on any atom is 0.322 e. The average molecular weight is 453 g/mol. The number of alkyl halides is 1. The molecule has 162 valence electrons. The highest BCUT2D eigenvalue weighted by Crippen LogP contribution is 2.32. The van der Waals surface area contributed by atoms with Gasteiger partial charge in [0.1, 0.15) is 12.4 Å². The van der Waals surface area contributed by atoms with Crippen molar-refractivity contribution in [1.82, 2.24) is 14.7 Å². The van der Waals surface area contributed by atoms with E-state index in [9.17, 15) is 14.0 Å². The Morgan fingerprint density at radius 1 is 1.28 bits per heavy atom. The smallest absolute Gasteiger partial charge is 0.322 e. The molecular formula is C22H18ClFN6O2. The number of nitrogens with one attached hydrogen (secondary N) is 1. The zero-order valence-corrected chi connectivity index (χ0v) is 17.5. The molecule has 1 aromatic heterocycles. The summed E-state index contributed by atoms with van der Waals surface area (Å²) in [7, 11) is 0. The first-order valence-corrected chi connectivity index (χ1v) is 10.1. The monoisotopic (exact) mass is 452 g/mol. The van der Waals surface area contributed by atoms with E-state index in [1.54, 1.807) is 48.5 Å². The molecule has 0 saturated carbocycles. The van der Waals surface area contributed by atoms with E-state index in [-0.39, 0.29) is 18.7 Å². The lowest BCUT2D eigenvalue weighted by Crippen LogP contribution is -2.44. The standard InChI is InChI=1S/C22H18ClFN6O2/c23-15-3-1-2-14(8-15)20-19(21(26)31)18-12-29(11-17(9-24)30(18)28-20)22(32)27-16-6-4-13(10-25)5-7-16/h1-8,17H,9,11-12H2,(H2,26,31)(H,27,32). The number of primary amides is 1. The van der Waals surface area contributed by atoms with Crippen molar-refractivity contribution in [3.05, 3.63) is 70.4 Å². The molecular weight excluding hydrogens is 435 g/mol. The Morgan fingerprint density at radius 2 is 2.03 bits per heavy atom. The summed E-state index contributed by atoms with van der Waals surface area (Å²) in [5.41, 5.74) is 7.95. The highest BCUT2D eigenvalue weighted by molar-refractivity contribution is 6.30. The van der Waals surface area contributed by atoms with Gasteiger partial charge in [0.25, 0.3) is 5.91 Å². The van der Waals surface area contributed by atoms with Crippen LogP contribution in [-0.2, 0) is 6.54 Å². The minimum Gasteiger partial charge on any atom is -0.365 e. The van der Waals surface area contributed by atoms with Gasteiger partial charge < -0.3 is 16.0 Å². The number of urea groups is 1. The summed E-state index contributed by atoms with van der Waals surface area (Å²) in [4.78, 5) is 26.6. The highest BCUT2D eigenvalue weighted by atomic mass is 35.5. The molecule has 1 unspecified atom stereocenters. The number of halogens is 2. The second-order valence-corrected chi connectivity index (χ2v) is 7.73. The number of nitrogens with two attached hydrogens (primary N) is 1. The van der Waals surface area contributed by atoms with Gasteiger partial charge in [-0.25, -0.2) is 9.18 Å². The van der Waals surface area contributed by atoms with Crippen LogP contribution >= 0.6 is 11.6 Å². The first kappa shape index (κ1) is 21.3. The van der Waals surface area contributed by atoms with Crippen LogP contribution in [0.3, 0.4) is 0 Å². The summed E-state index contributed by atoms with van der Waals surface area (Å²) >= 11 is 6.08. The lowest BCUT2D eigenvalue weighted by atomic mass is 10.0. The van der Waals surface area contributed by atoms with Crippen LogP contribution in [0, 0.1) is 11.3 Å². The van der Waals surface area contributed by atoms with E-state index >= 15 is 0 Å². The number of nitrogens with zero attached hydrogens (tertiary/aromatic N) is 4. The van der Waals surface area contributed by atoms with Gasteiger partial charge in [0.05, 0.1) is 35.5 Å².